The summed E-state index contributed by atoms with van der Waals surface area (Å²) < 4.78 is 7.64. The molecule has 16 nitrogen and oxygen atoms in total. The fourth-order valence-corrected chi connectivity index (χ4v) is 8.71. The van der Waals surface area contributed by atoms with Gasteiger partial charge in [-0.25, -0.2) is 0 Å². The van der Waals surface area contributed by atoms with Gasteiger partial charge in [0.25, 0.3) is 11.8 Å². The molecule has 5 heterocycles. The highest BCUT2D eigenvalue weighted by molar-refractivity contribution is 7.15. The van der Waals surface area contributed by atoms with Gasteiger partial charge in [0.1, 0.15) is 28.7 Å². The van der Waals surface area contributed by atoms with Crippen molar-refractivity contribution in [2.45, 2.75) is 58.7 Å². The second-order valence-corrected chi connectivity index (χ2v) is 16.1. The van der Waals surface area contributed by atoms with Gasteiger partial charge in [-0.1, -0.05) is 29.8 Å². The van der Waals surface area contributed by atoms with Crippen LogP contribution >= 0.6 is 22.9 Å². The Balaban J connectivity index is 0.822. The Morgan fingerprint density at radius 2 is 1.70 bits per heavy atom. The van der Waals surface area contributed by atoms with Gasteiger partial charge in [0.2, 0.25) is 17.7 Å². The number of thiophene rings is 1. The molecule has 2 atom stereocenters. The second-order valence-electron chi connectivity index (χ2n) is 14.5. The van der Waals surface area contributed by atoms with Crippen LogP contribution in [0.2, 0.25) is 5.02 Å². The van der Waals surface area contributed by atoms with Crippen molar-refractivity contribution in [1.29, 1.82) is 0 Å². The number of nitrogens with zero attached hydrogens (tertiary/aromatic N) is 7. The number of ether oxygens (including phenoxy) is 1. The van der Waals surface area contributed by atoms with Crippen LogP contribution in [0.25, 0.3) is 5.00 Å². The lowest BCUT2D eigenvalue weighted by molar-refractivity contribution is -0.137. The van der Waals surface area contributed by atoms with Crippen LogP contribution < -0.4 is 20.7 Å². The molecule has 3 N–H and O–H groups in total. The van der Waals surface area contributed by atoms with Gasteiger partial charge in [-0.3, -0.25) is 38.8 Å². The first-order valence-electron chi connectivity index (χ1n) is 19.3. The minimum atomic E-state index is -0.726. The molecule has 1 saturated heterocycles. The molecule has 2 aromatic heterocycles. The first-order chi connectivity index (χ1) is 28.9. The zero-order chi connectivity index (χ0) is 42.1. The minimum Gasteiger partial charge on any atom is -0.484 e. The number of piperidine rings is 1. The van der Waals surface area contributed by atoms with E-state index in [0.717, 1.165) is 32.3 Å². The van der Waals surface area contributed by atoms with Crippen molar-refractivity contribution in [1.82, 2.24) is 35.6 Å². The SMILES string of the molecule is Cc1sc2c(c1C)C(c1ccc(Cl)cc1)=N[C@@H](CC(=O)NCCNC(=O)COc1ccc(N=Nc3cccc4c3CN(C3CCC(=O)NC3=O)C4=O)cc1)c1nnc(C)n1-2. The number of hydrogen-bond acceptors (Lipinski definition) is 12. The van der Waals surface area contributed by atoms with Crippen molar-refractivity contribution in [2.24, 2.45) is 15.2 Å². The van der Waals surface area contributed by atoms with Crippen molar-refractivity contribution in [3.63, 3.8) is 0 Å². The molecule has 5 aromatic rings. The Labute approximate surface area is 353 Å². The molecule has 0 radical (unpaired) electrons. The molecule has 3 aliphatic heterocycles. The van der Waals surface area contributed by atoms with Gasteiger partial charge >= 0.3 is 0 Å². The zero-order valence-electron chi connectivity index (χ0n) is 32.8. The molecular weight excluding hydrogens is 808 g/mol. The maximum atomic E-state index is 13.3. The lowest BCUT2D eigenvalue weighted by Crippen LogP contribution is -2.52. The van der Waals surface area contributed by atoms with Gasteiger partial charge in [0.15, 0.2) is 12.4 Å². The normalized spacial score (nSPS) is 17.1. The van der Waals surface area contributed by atoms with Crippen LogP contribution in [0.5, 0.6) is 5.75 Å². The number of carbonyl (C=O) groups excluding carboxylic acids is 5. The summed E-state index contributed by atoms with van der Waals surface area (Å²) in [4.78, 5) is 70.8. The van der Waals surface area contributed by atoms with Crippen molar-refractivity contribution >= 4 is 69.6 Å². The number of benzene rings is 3. The molecule has 18 heteroatoms. The summed E-state index contributed by atoms with van der Waals surface area (Å²) in [6.45, 7) is 6.33. The van der Waals surface area contributed by atoms with Crippen molar-refractivity contribution in [3.05, 3.63) is 116 Å². The van der Waals surface area contributed by atoms with E-state index in [4.69, 9.17) is 21.3 Å². The van der Waals surface area contributed by atoms with Gasteiger partial charge in [-0.15, -0.1) is 21.5 Å². The van der Waals surface area contributed by atoms with E-state index < -0.39 is 18.0 Å². The summed E-state index contributed by atoms with van der Waals surface area (Å²) in [5.74, 6) is -0.0259. The van der Waals surface area contributed by atoms with E-state index in [9.17, 15) is 24.0 Å². The van der Waals surface area contributed by atoms with E-state index in [2.05, 4.69) is 50.2 Å². The van der Waals surface area contributed by atoms with Gasteiger partial charge in [0, 0.05) is 58.2 Å². The predicted octanol–water partition coefficient (Wildman–Crippen LogP) is 5.68. The van der Waals surface area contributed by atoms with E-state index in [-0.39, 0.29) is 69.1 Å². The molecule has 0 bridgehead atoms. The quantitative estimate of drug-likeness (QED) is 0.0809. The Bertz CT molecular complexity index is 2600. The molecule has 3 aliphatic rings. The van der Waals surface area contributed by atoms with Crippen LogP contribution in [0.4, 0.5) is 11.4 Å². The van der Waals surface area contributed by atoms with Crippen LogP contribution in [0.15, 0.2) is 82.0 Å². The summed E-state index contributed by atoms with van der Waals surface area (Å²) in [7, 11) is 0. The number of fused-ring (bicyclic) bond motifs is 4. The lowest BCUT2D eigenvalue weighted by Gasteiger charge is -2.29. The lowest BCUT2D eigenvalue weighted by atomic mass is 9.99. The van der Waals surface area contributed by atoms with Crippen LogP contribution in [-0.4, -0.2) is 80.7 Å². The smallest absolute Gasteiger partial charge is 0.258 e. The summed E-state index contributed by atoms with van der Waals surface area (Å²) >= 11 is 7.85. The fourth-order valence-electron chi connectivity index (χ4n) is 7.37. The number of halogens is 1. The van der Waals surface area contributed by atoms with E-state index in [1.165, 1.54) is 4.90 Å². The third kappa shape index (κ3) is 8.18. The Kier molecular flexibility index (Phi) is 11.4. The maximum absolute atomic E-state index is 13.3. The van der Waals surface area contributed by atoms with Crippen LogP contribution in [0.3, 0.4) is 0 Å². The highest BCUT2D eigenvalue weighted by Crippen LogP contribution is 2.40. The average molecular weight is 847 g/mol. The molecule has 0 aliphatic carbocycles. The second kappa shape index (κ2) is 16.9. The molecule has 1 fully saturated rings. The predicted molar refractivity (Wildman–Crippen MR) is 223 cm³/mol. The number of imide groups is 1. The molecule has 0 saturated carbocycles. The Hall–Kier alpha value is -6.59. The summed E-state index contributed by atoms with van der Waals surface area (Å²) in [5.41, 5.74) is 5.82. The topological polar surface area (TPSA) is 202 Å². The van der Waals surface area contributed by atoms with Crippen LogP contribution in [0, 0.1) is 20.8 Å². The van der Waals surface area contributed by atoms with Gasteiger partial charge < -0.3 is 20.3 Å². The molecule has 8 rings (SSSR count). The molecular formula is C42H39ClN10O6S. The number of aryl methyl sites for hydroxylation is 2. The molecule has 60 heavy (non-hydrogen) atoms. The van der Waals surface area contributed by atoms with Crippen LogP contribution in [-0.2, 0) is 25.7 Å². The number of azo groups is 1. The first kappa shape index (κ1) is 40.2. The molecule has 0 spiro atoms. The number of carbonyl (C=O) groups is 5. The Morgan fingerprint density at radius 3 is 2.45 bits per heavy atom. The van der Waals surface area contributed by atoms with Crippen molar-refractivity contribution in [3.8, 4) is 10.8 Å². The number of rotatable bonds is 12. The highest BCUT2D eigenvalue weighted by Gasteiger charge is 2.40. The standard InChI is InChI=1S/C42H39ClN10O6S/c1-22-23(2)60-42-37(22)38(25-7-9-26(43)10-8-25)46-32(39-51-48-24(3)53(39)42)19-35(55)44-17-18-45-36(56)21-59-28-13-11-27(12-14-28)49-50-31-6-4-5-29-30(31)20-52(41(29)58)33-15-16-34(54)47-40(33)57/h4-14,32-33H,15-21H2,1-3H3,(H,44,55)(H,45,56)(H,47,54,57)/t32-,33?/m0/s1. The zero-order valence-corrected chi connectivity index (χ0v) is 34.4. The Morgan fingerprint density at radius 1 is 0.950 bits per heavy atom. The van der Waals surface area contributed by atoms with Gasteiger partial charge in [-0.05, 0) is 81.3 Å². The van der Waals surface area contributed by atoms with E-state index in [0.29, 0.717) is 44.9 Å². The molecule has 5 amide bonds. The minimum absolute atomic E-state index is 0.0190. The monoisotopic (exact) mass is 846 g/mol. The van der Waals surface area contributed by atoms with Crippen LogP contribution in [0.1, 0.15) is 74.4 Å². The average Bonchev–Trinajstić information content (AvgIpc) is 3.85. The number of aromatic nitrogens is 3. The highest BCUT2D eigenvalue weighted by atomic mass is 35.5. The molecule has 306 valence electrons. The summed E-state index contributed by atoms with van der Waals surface area (Å²) in [6.07, 6.45) is 0.457. The fraction of sp³-hybridized carbons (Fsp3) is 0.286. The largest absolute Gasteiger partial charge is 0.484 e. The van der Waals surface area contributed by atoms with Gasteiger partial charge in [0.05, 0.1) is 23.5 Å². The van der Waals surface area contributed by atoms with E-state index in [1.807, 2.05) is 35.8 Å². The number of aliphatic imine (C=N–C) groups is 1. The number of hydrogen-bond donors (Lipinski definition) is 3. The summed E-state index contributed by atoms with van der Waals surface area (Å²) in [6, 6.07) is 17.9. The van der Waals surface area contributed by atoms with E-state index in [1.54, 1.807) is 53.8 Å². The van der Waals surface area contributed by atoms with Crippen molar-refractivity contribution < 1.29 is 28.7 Å². The molecule has 3 aromatic carbocycles. The summed E-state index contributed by atoms with van der Waals surface area (Å²) in [5, 5.41) is 27.0. The van der Waals surface area contributed by atoms with Crippen molar-refractivity contribution in [2.75, 3.05) is 19.7 Å². The van der Waals surface area contributed by atoms with Gasteiger partial charge in [-0.2, -0.15) is 10.2 Å². The number of nitrogens with one attached hydrogen (secondary N) is 3. The third-order valence-corrected chi connectivity index (χ3v) is 12.0. The molecule has 1 unspecified atom stereocenters. The third-order valence-electron chi connectivity index (χ3n) is 10.5. The first-order valence-corrected chi connectivity index (χ1v) is 20.5. The van der Waals surface area contributed by atoms with E-state index >= 15 is 0 Å². The maximum Gasteiger partial charge on any atom is 0.258 e. The number of amides is 5.